The Morgan fingerprint density at radius 3 is 0.964 bits per heavy atom. The van der Waals surface area contributed by atoms with Crippen LogP contribution in [0, 0.1) is 20.8 Å². The van der Waals surface area contributed by atoms with Gasteiger partial charge in [-0.3, -0.25) is 19.2 Å². The van der Waals surface area contributed by atoms with E-state index in [-0.39, 0.29) is 46.1 Å². The second-order valence-electron chi connectivity index (χ2n) is 10.9. The molecule has 0 fully saturated rings. The summed E-state index contributed by atoms with van der Waals surface area (Å²) >= 11 is 10.1. The smallest absolute Gasteiger partial charge is 0.371 e. The van der Waals surface area contributed by atoms with E-state index in [1.165, 1.54) is 17.7 Å². The van der Waals surface area contributed by atoms with Crippen molar-refractivity contribution < 1.29 is 56.4 Å². The fraction of sp³-hybridized carbons (Fsp3) is 0.0769. The molecular formula is C39H30Cl4O12S. The molecule has 292 valence electrons. The van der Waals surface area contributed by atoms with Crippen molar-refractivity contribution in [3.63, 3.8) is 0 Å². The Bertz CT molecular complexity index is 2080. The second-order valence-corrected chi connectivity index (χ2v) is 14.1. The van der Waals surface area contributed by atoms with E-state index in [4.69, 9.17) is 42.0 Å². The quantitative estimate of drug-likeness (QED) is 0.109. The molecule has 0 aliphatic carbocycles. The predicted octanol–water partition coefficient (Wildman–Crippen LogP) is 10.1. The van der Waals surface area contributed by atoms with Crippen LogP contribution in [0.1, 0.15) is 91.1 Å². The summed E-state index contributed by atoms with van der Waals surface area (Å²) in [6.45, 7) is 6.00. The first-order valence-corrected chi connectivity index (χ1v) is 19.1. The van der Waals surface area contributed by atoms with E-state index < -0.39 is 31.7 Å². The lowest BCUT2D eigenvalue weighted by atomic mass is 10.1. The highest BCUT2D eigenvalue weighted by atomic mass is 36.0. The molecule has 3 aromatic heterocycles. The molecule has 0 spiro atoms. The summed E-state index contributed by atoms with van der Waals surface area (Å²) in [7, 11) is 7.36. The second kappa shape index (κ2) is 23.4. The summed E-state index contributed by atoms with van der Waals surface area (Å²) in [4.78, 5) is 65.8. The molecule has 6 rings (SSSR count). The van der Waals surface area contributed by atoms with Gasteiger partial charge in [-0.1, -0.05) is 95.6 Å². The number of furan rings is 3. The molecule has 6 aromatic rings. The topological polar surface area (TPSA) is 199 Å². The van der Waals surface area contributed by atoms with Crippen molar-refractivity contribution in [1.29, 1.82) is 0 Å². The number of hydrogen-bond donors (Lipinski definition) is 2. The van der Waals surface area contributed by atoms with Crippen molar-refractivity contribution in [3.05, 3.63) is 178 Å². The summed E-state index contributed by atoms with van der Waals surface area (Å²) in [5, 5.41) is 15.1. The van der Waals surface area contributed by atoms with Gasteiger partial charge in [0.05, 0.1) is 0 Å². The van der Waals surface area contributed by atoms with E-state index in [0.717, 1.165) is 23.3 Å². The lowest BCUT2D eigenvalue weighted by Crippen LogP contribution is -2.01. The van der Waals surface area contributed by atoms with Crippen LogP contribution in [0.4, 0.5) is 0 Å². The SMILES string of the molecule is Cc1ccc(C(=O)c2ccc(C(=O)c3ccc(C)cc3)o2)cc1.Cc1ccccc1.O=C(Cl)c1ccc(C(=O)Cl)o1.O=C(O)c1ccc(C(=O)O)o1.O=S(Cl)Cl. The molecule has 0 aliphatic rings. The molecule has 12 nitrogen and oxygen atoms in total. The Hall–Kier alpha value is -5.57. The number of carboxylic acid groups (broad SMARTS) is 2. The van der Waals surface area contributed by atoms with Gasteiger partial charge in [0, 0.05) is 32.5 Å². The highest BCUT2D eigenvalue weighted by molar-refractivity contribution is 8.26. The normalized spacial score (nSPS) is 9.79. The van der Waals surface area contributed by atoms with E-state index in [2.05, 4.69) is 49.3 Å². The van der Waals surface area contributed by atoms with Gasteiger partial charge in [-0.25, -0.2) is 13.8 Å². The van der Waals surface area contributed by atoms with Crippen molar-refractivity contribution in [2.24, 2.45) is 0 Å². The maximum atomic E-state index is 12.4. The number of carbonyl (C=O) groups excluding carboxylic acids is 4. The highest BCUT2D eigenvalue weighted by Gasteiger charge is 2.18. The molecule has 0 atom stereocenters. The van der Waals surface area contributed by atoms with Gasteiger partial charge >= 0.3 is 11.9 Å². The molecule has 0 saturated carbocycles. The Morgan fingerprint density at radius 1 is 0.446 bits per heavy atom. The van der Waals surface area contributed by atoms with Gasteiger partial charge in [-0.15, -0.1) is 0 Å². The standard InChI is InChI=1S/C20H16O3.C7H8.C6H2Cl2O3.C6H4O5.Cl2OS/c1-13-3-7-15(8-4-13)19(21)17-11-12-18(23-17)20(22)16-9-5-14(2)6-10-16;1-7-5-3-2-4-6-7;7-5(9)3-1-2-4(11-3)6(8)10;7-5(8)3-1-2-4(11-3)6(9)10;1-4(2)3/h3-12H,1-2H3;2-6H,1H3;1-2H;1-2H,(H,7,8)(H,9,10);. The molecule has 0 bridgehead atoms. The van der Waals surface area contributed by atoms with Crippen molar-refractivity contribution in [2.45, 2.75) is 20.8 Å². The third-order valence-electron chi connectivity index (χ3n) is 6.64. The summed E-state index contributed by atoms with van der Waals surface area (Å²) in [5.41, 5.74) is 4.56. The van der Waals surface area contributed by atoms with Gasteiger partial charge in [0.15, 0.2) is 23.0 Å². The first kappa shape index (κ1) is 46.6. The molecular weight excluding hydrogens is 834 g/mol. The molecule has 0 unspecified atom stereocenters. The number of carboxylic acids is 2. The van der Waals surface area contributed by atoms with Gasteiger partial charge in [0.1, 0.15) is 0 Å². The monoisotopic (exact) mass is 862 g/mol. The van der Waals surface area contributed by atoms with Gasteiger partial charge < -0.3 is 23.5 Å². The summed E-state index contributed by atoms with van der Waals surface area (Å²) in [5.74, 6) is -3.60. The molecule has 0 radical (unpaired) electrons. The van der Waals surface area contributed by atoms with Crippen molar-refractivity contribution in [3.8, 4) is 0 Å². The molecule has 3 aromatic carbocycles. The van der Waals surface area contributed by atoms with Gasteiger partial charge in [0.2, 0.25) is 32.3 Å². The fourth-order valence-electron chi connectivity index (χ4n) is 3.93. The number of hydrogen-bond acceptors (Lipinski definition) is 10. The van der Waals surface area contributed by atoms with Crippen LogP contribution in [-0.2, 0) is 9.23 Å². The zero-order valence-electron chi connectivity index (χ0n) is 29.4. The number of halogens is 4. The number of ketones is 2. The molecule has 3 heterocycles. The maximum absolute atomic E-state index is 12.4. The summed E-state index contributed by atoms with van der Waals surface area (Å²) in [6, 6.07) is 32.6. The van der Waals surface area contributed by atoms with Crippen LogP contribution in [0.3, 0.4) is 0 Å². The number of benzene rings is 3. The first-order valence-electron chi connectivity index (χ1n) is 15.5. The van der Waals surface area contributed by atoms with Gasteiger partial charge in [0.25, 0.3) is 10.5 Å². The van der Waals surface area contributed by atoms with Crippen LogP contribution >= 0.6 is 44.6 Å². The van der Waals surface area contributed by atoms with Crippen LogP contribution in [-0.4, -0.2) is 48.4 Å². The van der Waals surface area contributed by atoms with Crippen molar-refractivity contribution >= 4 is 87.8 Å². The van der Waals surface area contributed by atoms with E-state index in [9.17, 15) is 28.8 Å². The third kappa shape index (κ3) is 16.4. The maximum Gasteiger partial charge on any atom is 0.371 e. The number of aryl methyl sites for hydroxylation is 3. The Morgan fingerprint density at radius 2 is 0.714 bits per heavy atom. The van der Waals surface area contributed by atoms with E-state index in [1.54, 1.807) is 36.4 Å². The van der Waals surface area contributed by atoms with Crippen LogP contribution in [0.2, 0.25) is 0 Å². The number of carbonyl (C=O) groups is 6. The lowest BCUT2D eigenvalue weighted by Gasteiger charge is -2.00. The van der Waals surface area contributed by atoms with E-state index >= 15 is 0 Å². The Labute approximate surface area is 341 Å². The molecule has 2 N–H and O–H groups in total. The lowest BCUT2D eigenvalue weighted by molar-refractivity contribution is 0.0630. The van der Waals surface area contributed by atoms with Crippen LogP contribution in [0.15, 0.2) is 129 Å². The average molecular weight is 865 g/mol. The molecule has 0 saturated heterocycles. The predicted molar refractivity (Wildman–Crippen MR) is 211 cm³/mol. The van der Waals surface area contributed by atoms with Crippen molar-refractivity contribution in [1.82, 2.24) is 0 Å². The van der Waals surface area contributed by atoms with E-state index in [0.29, 0.717) is 11.1 Å². The molecule has 0 aliphatic heterocycles. The summed E-state index contributed by atoms with van der Waals surface area (Å²) < 4.78 is 23.6. The van der Waals surface area contributed by atoms with Gasteiger partial charge in [-0.2, -0.15) is 0 Å². The molecule has 0 amide bonds. The zero-order chi connectivity index (χ0) is 41.9. The third-order valence-corrected chi connectivity index (χ3v) is 7.02. The number of aromatic carboxylic acids is 2. The highest BCUT2D eigenvalue weighted by Crippen LogP contribution is 2.18. The minimum Gasteiger partial charge on any atom is -0.475 e. The van der Waals surface area contributed by atoms with Gasteiger partial charge in [-0.05, 0) is 80.4 Å². The van der Waals surface area contributed by atoms with Crippen LogP contribution in [0.25, 0.3) is 0 Å². The Kier molecular flexibility index (Phi) is 19.4. The minimum atomic E-state index is -1.67. The largest absolute Gasteiger partial charge is 0.475 e. The zero-order valence-corrected chi connectivity index (χ0v) is 33.2. The number of rotatable bonds is 8. The van der Waals surface area contributed by atoms with Crippen molar-refractivity contribution in [2.75, 3.05) is 0 Å². The van der Waals surface area contributed by atoms with E-state index in [1.807, 2.05) is 56.3 Å². The van der Waals surface area contributed by atoms with Crippen LogP contribution < -0.4 is 0 Å². The summed E-state index contributed by atoms with van der Waals surface area (Å²) in [6.07, 6.45) is 0. The minimum absolute atomic E-state index is 0.0873. The average Bonchev–Trinajstić information content (AvgIpc) is 3.95. The molecule has 17 heteroatoms. The van der Waals surface area contributed by atoms with Crippen LogP contribution in [0.5, 0.6) is 0 Å². The fourth-order valence-corrected chi connectivity index (χ4v) is 4.13. The Balaban J connectivity index is 0.000000275. The molecule has 56 heavy (non-hydrogen) atoms. The first-order chi connectivity index (χ1) is 26.4.